The van der Waals surface area contributed by atoms with Crippen molar-refractivity contribution in [1.82, 2.24) is 5.32 Å². The lowest BCUT2D eigenvalue weighted by atomic mass is 10.0. The minimum atomic E-state index is -4.97. The van der Waals surface area contributed by atoms with Crippen LogP contribution in [0.1, 0.15) is 27.9 Å². The van der Waals surface area contributed by atoms with Gasteiger partial charge in [0.15, 0.2) is 0 Å². The summed E-state index contributed by atoms with van der Waals surface area (Å²) in [5.41, 5.74) is -3.70. The van der Waals surface area contributed by atoms with Crippen LogP contribution in [0.4, 0.5) is 26.3 Å². The highest BCUT2D eigenvalue weighted by Gasteiger charge is 2.37. The summed E-state index contributed by atoms with van der Waals surface area (Å²) in [6.07, 6.45) is -9.44. The molecule has 0 saturated heterocycles. The number of carbonyl (C=O) groups excluding carboxylic acids is 1. The van der Waals surface area contributed by atoms with Crippen molar-refractivity contribution in [1.29, 1.82) is 0 Å². The highest BCUT2D eigenvalue weighted by molar-refractivity contribution is 9.09. The maximum absolute atomic E-state index is 12.6. The van der Waals surface area contributed by atoms with Crippen LogP contribution in [0, 0.1) is 0 Å². The average Bonchev–Trinajstić information content (AvgIpc) is 2.36. The van der Waals surface area contributed by atoms with Gasteiger partial charge >= 0.3 is 12.4 Å². The molecule has 9 heteroatoms. The lowest BCUT2D eigenvalue weighted by Crippen LogP contribution is -2.25. The third kappa shape index (κ3) is 5.22. The Balaban J connectivity index is 3.17. The van der Waals surface area contributed by atoms with Crippen molar-refractivity contribution in [3.63, 3.8) is 0 Å². The molecule has 0 aromatic heterocycles. The highest BCUT2D eigenvalue weighted by atomic mass is 79.9. The molecule has 0 fully saturated rings. The molecule has 21 heavy (non-hydrogen) atoms. The van der Waals surface area contributed by atoms with Crippen molar-refractivity contribution >= 4 is 21.8 Å². The topological polar surface area (TPSA) is 29.1 Å². The van der Waals surface area contributed by atoms with Crippen molar-refractivity contribution in [3.05, 3.63) is 34.9 Å². The van der Waals surface area contributed by atoms with Gasteiger partial charge < -0.3 is 5.32 Å². The van der Waals surface area contributed by atoms with Gasteiger partial charge in [-0.05, 0) is 24.6 Å². The second-order valence-corrected chi connectivity index (χ2v) is 4.89. The molecular formula is C12H10BrF6NO. The molecule has 0 heterocycles. The van der Waals surface area contributed by atoms with Gasteiger partial charge in [-0.25, -0.2) is 0 Å². The first-order valence-electron chi connectivity index (χ1n) is 5.69. The van der Waals surface area contributed by atoms with Crippen LogP contribution in [-0.2, 0) is 12.4 Å². The number of rotatable bonds is 4. The van der Waals surface area contributed by atoms with Gasteiger partial charge in [0.25, 0.3) is 5.91 Å². The molecule has 0 aliphatic carbocycles. The van der Waals surface area contributed by atoms with Crippen molar-refractivity contribution in [2.24, 2.45) is 0 Å². The van der Waals surface area contributed by atoms with E-state index in [-0.39, 0.29) is 12.6 Å². The maximum atomic E-state index is 12.6. The first kappa shape index (κ1) is 17.8. The van der Waals surface area contributed by atoms with Crippen LogP contribution in [0.25, 0.3) is 0 Å². The van der Waals surface area contributed by atoms with Crippen LogP contribution in [0.5, 0.6) is 0 Å². The molecule has 1 aromatic carbocycles. The Morgan fingerprint density at radius 1 is 1.00 bits per heavy atom. The van der Waals surface area contributed by atoms with E-state index >= 15 is 0 Å². The summed E-state index contributed by atoms with van der Waals surface area (Å²) in [6, 6.07) is 0.784. The molecule has 1 amide bonds. The van der Waals surface area contributed by atoms with Crippen molar-refractivity contribution < 1.29 is 31.1 Å². The number of hydrogen-bond donors (Lipinski definition) is 1. The number of amides is 1. The summed E-state index contributed by atoms with van der Waals surface area (Å²) >= 11 is 3.08. The maximum Gasteiger partial charge on any atom is 0.416 e. The summed E-state index contributed by atoms with van der Waals surface area (Å²) in [5, 5.41) is 2.80. The smallest absolute Gasteiger partial charge is 0.352 e. The fourth-order valence-electron chi connectivity index (χ4n) is 1.46. The Bertz CT molecular complexity index is 479. The van der Waals surface area contributed by atoms with E-state index in [1.165, 1.54) is 0 Å². The van der Waals surface area contributed by atoms with Crippen LogP contribution in [0.3, 0.4) is 0 Å². The molecule has 1 rings (SSSR count). The van der Waals surface area contributed by atoms with Crippen molar-refractivity contribution in [2.45, 2.75) is 18.8 Å². The van der Waals surface area contributed by atoms with Crippen LogP contribution >= 0.6 is 15.9 Å². The summed E-state index contributed by atoms with van der Waals surface area (Å²) in [4.78, 5) is 11.6. The predicted octanol–water partition coefficient (Wildman–Crippen LogP) is 4.24. The lowest BCUT2D eigenvalue weighted by molar-refractivity contribution is -0.143. The van der Waals surface area contributed by atoms with Gasteiger partial charge in [0.1, 0.15) is 0 Å². The van der Waals surface area contributed by atoms with E-state index in [1.807, 2.05) is 0 Å². The first-order valence-corrected chi connectivity index (χ1v) is 6.81. The monoisotopic (exact) mass is 377 g/mol. The van der Waals surface area contributed by atoms with Crippen LogP contribution < -0.4 is 5.32 Å². The van der Waals surface area contributed by atoms with E-state index in [0.29, 0.717) is 23.9 Å². The van der Waals surface area contributed by atoms with Crippen LogP contribution in [-0.4, -0.2) is 17.8 Å². The molecule has 0 bridgehead atoms. The summed E-state index contributed by atoms with van der Waals surface area (Å²) in [7, 11) is 0. The minimum absolute atomic E-state index is 0.0186. The third-order valence-corrected chi connectivity index (χ3v) is 3.01. The van der Waals surface area contributed by atoms with Gasteiger partial charge in [-0.1, -0.05) is 15.9 Å². The molecule has 118 valence electrons. The summed E-state index contributed by atoms with van der Waals surface area (Å²) in [5.74, 6) is -0.979. The summed E-state index contributed by atoms with van der Waals surface area (Å²) < 4.78 is 75.6. The average molecular weight is 378 g/mol. The summed E-state index contributed by atoms with van der Waals surface area (Å²) in [6.45, 7) is 0.141. The fraction of sp³-hybridized carbons (Fsp3) is 0.417. The van der Waals surface area contributed by atoms with Gasteiger partial charge in [0.2, 0.25) is 0 Å². The number of hydrogen-bond acceptors (Lipinski definition) is 1. The zero-order valence-electron chi connectivity index (χ0n) is 10.4. The Hall–Kier alpha value is -1.25. The Morgan fingerprint density at radius 2 is 1.48 bits per heavy atom. The zero-order chi connectivity index (χ0) is 16.3. The van der Waals surface area contributed by atoms with E-state index in [0.717, 1.165) is 0 Å². The van der Waals surface area contributed by atoms with Gasteiger partial charge in [0.05, 0.1) is 11.1 Å². The van der Waals surface area contributed by atoms with Gasteiger partial charge in [-0.2, -0.15) is 26.3 Å². The number of alkyl halides is 7. The molecule has 0 radical (unpaired) electrons. The normalized spacial score (nSPS) is 12.3. The van der Waals surface area contributed by atoms with Crippen LogP contribution in [0.15, 0.2) is 18.2 Å². The van der Waals surface area contributed by atoms with E-state index in [1.54, 1.807) is 0 Å². The van der Waals surface area contributed by atoms with E-state index in [9.17, 15) is 31.1 Å². The van der Waals surface area contributed by atoms with Crippen LogP contribution in [0.2, 0.25) is 0 Å². The molecule has 0 saturated carbocycles. The van der Waals surface area contributed by atoms with Gasteiger partial charge in [0, 0.05) is 17.4 Å². The molecule has 0 unspecified atom stereocenters. The first-order chi connectivity index (χ1) is 9.55. The quantitative estimate of drug-likeness (QED) is 0.474. The Labute approximate surface area is 124 Å². The molecule has 1 aromatic rings. The largest absolute Gasteiger partial charge is 0.416 e. The predicted molar refractivity (Wildman–Crippen MR) is 67.2 cm³/mol. The second kappa shape index (κ2) is 6.67. The van der Waals surface area contributed by atoms with E-state index in [2.05, 4.69) is 21.2 Å². The van der Waals surface area contributed by atoms with Crippen molar-refractivity contribution in [3.8, 4) is 0 Å². The number of carbonyl (C=O) groups is 1. The molecular weight excluding hydrogens is 368 g/mol. The Kier molecular flexibility index (Phi) is 5.66. The Morgan fingerprint density at radius 3 is 1.86 bits per heavy atom. The zero-order valence-corrected chi connectivity index (χ0v) is 12.0. The third-order valence-electron chi connectivity index (χ3n) is 2.45. The number of benzene rings is 1. The lowest BCUT2D eigenvalue weighted by Gasteiger charge is -2.14. The molecule has 0 aliphatic rings. The second-order valence-electron chi connectivity index (χ2n) is 4.09. The molecule has 0 spiro atoms. The molecule has 0 atom stereocenters. The van der Waals surface area contributed by atoms with Crippen molar-refractivity contribution in [2.75, 3.05) is 11.9 Å². The fourth-order valence-corrected chi connectivity index (χ4v) is 1.74. The molecule has 2 nitrogen and oxygen atoms in total. The molecule has 0 aliphatic heterocycles. The standard InChI is InChI=1S/C12H10BrF6NO/c13-2-1-3-20-10(21)7-4-8(11(14,15)16)6-9(5-7)12(17,18)19/h4-6H,1-3H2,(H,20,21). The molecule has 1 N–H and O–H groups in total. The SMILES string of the molecule is O=C(NCCCBr)c1cc(C(F)(F)F)cc(C(F)(F)F)c1. The van der Waals surface area contributed by atoms with E-state index in [4.69, 9.17) is 0 Å². The van der Waals surface area contributed by atoms with Gasteiger partial charge in [-0.15, -0.1) is 0 Å². The number of halogens is 7. The highest BCUT2D eigenvalue weighted by Crippen LogP contribution is 2.36. The van der Waals surface area contributed by atoms with E-state index < -0.39 is 35.0 Å². The minimum Gasteiger partial charge on any atom is -0.352 e. The number of nitrogens with one attached hydrogen (secondary N) is 1. The van der Waals surface area contributed by atoms with Gasteiger partial charge in [-0.3, -0.25) is 4.79 Å².